The molecule has 0 aromatic rings. The lowest BCUT2D eigenvalue weighted by atomic mass is 9.47. The van der Waals surface area contributed by atoms with E-state index < -0.39 is 5.60 Å². The van der Waals surface area contributed by atoms with Crippen LogP contribution in [0.4, 0.5) is 0 Å². The van der Waals surface area contributed by atoms with E-state index in [1.807, 2.05) is 6.07 Å². The van der Waals surface area contributed by atoms with Gasteiger partial charge >= 0.3 is 5.97 Å². The minimum Gasteiger partial charge on any atom is -0.450 e. The molecule has 0 radical (unpaired) electrons. The van der Waals surface area contributed by atoms with Gasteiger partial charge in [0.05, 0.1) is 12.0 Å². The zero-order chi connectivity index (χ0) is 12.8. The Kier molecular flexibility index (Phi) is 2.63. The molecule has 4 nitrogen and oxygen atoms in total. The lowest BCUT2D eigenvalue weighted by Crippen LogP contribution is -2.56. The number of esters is 1. The third-order valence-electron chi connectivity index (χ3n) is 4.97. The first-order valence-corrected chi connectivity index (χ1v) is 6.78. The Morgan fingerprint density at radius 1 is 1.33 bits per heavy atom. The molecular formula is C14H19NO3. The van der Waals surface area contributed by atoms with Gasteiger partial charge in [0.2, 0.25) is 0 Å². The SMILES string of the molecule is N#CCOC(=O)CC12C[C@@H]3C[C@H](CC(O)(C3)C1)C2. The van der Waals surface area contributed by atoms with Crippen LogP contribution in [-0.4, -0.2) is 23.3 Å². The normalized spacial score (nSPS) is 44.7. The fourth-order valence-corrected chi connectivity index (χ4v) is 5.08. The van der Waals surface area contributed by atoms with Crippen LogP contribution in [-0.2, 0) is 9.53 Å². The van der Waals surface area contributed by atoms with Gasteiger partial charge in [0, 0.05) is 0 Å². The van der Waals surface area contributed by atoms with Gasteiger partial charge in [0.1, 0.15) is 6.07 Å². The summed E-state index contributed by atoms with van der Waals surface area (Å²) in [5, 5.41) is 19.0. The van der Waals surface area contributed by atoms with Crippen molar-refractivity contribution in [2.75, 3.05) is 6.61 Å². The maximum absolute atomic E-state index is 11.7. The summed E-state index contributed by atoms with van der Waals surface area (Å²) in [5.74, 6) is 0.891. The molecule has 0 saturated heterocycles. The molecule has 4 aliphatic rings. The summed E-state index contributed by atoms with van der Waals surface area (Å²) < 4.78 is 4.88. The van der Waals surface area contributed by atoms with Gasteiger partial charge in [-0.1, -0.05) is 0 Å². The van der Waals surface area contributed by atoms with E-state index in [2.05, 4.69) is 0 Å². The second-order valence-corrected chi connectivity index (χ2v) is 6.68. The van der Waals surface area contributed by atoms with Gasteiger partial charge in [0.15, 0.2) is 6.61 Å². The average Bonchev–Trinajstić information content (AvgIpc) is 2.21. The van der Waals surface area contributed by atoms with Crippen molar-refractivity contribution in [1.82, 2.24) is 0 Å². The second-order valence-electron chi connectivity index (χ2n) is 6.68. The summed E-state index contributed by atoms with van der Waals surface area (Å²) in [6.07, 6.45) is 6.27. The largest absolute Gasteiger partial charge is 0.450 e. The van der Waals surface area contributed by atoms with Crippen LogP contribution in [0.25, 0.3) is 0 Å². The van der Waals surface area contributed by atoms with Crippen molar-refractivity contribution in [2.24, 2.45) is 17.3 Å². The Bertz CT molecular complexity index is 398. The van der Waals surface area contributed by atoms with Crippen molar-refractivity contribution < 1.29 is 14.6 Å². The highest BCUT2D eigenvalue weighted by molar-refractivity contribution is 5.70. The first-order valence-electron chi connectivity index (χ1n) is 6.78. The summed E-state index contributed by atoms with van der Waals surface area (Å²) in [6, 6.07) is 1.82. The van der Waals surface area contributed by atoms with E-state index in [-0.39, 0.29) is 18.0 Å². The van der Waals surface area contributed by atoms with Crippen molar-refractivity contribution in [1.29, 1.82) is 5.26 Å². The lowest BCUT2D eigenvalue weighted by molar-refractivity contribution is -0.176. The highest BCUT2D eigenvalue weighted by atomic mass is 16.5. The van der Waals surface area contributed by atoms with Crippen LogP contribution in [0.3, 0.4) is 0 Å². The molecule has 0 aliphatic heterocycles. The highest BCUT2D eigenvalue weighted by Crippen LogP contribution is 2.62. The molecule has 4 bridgehead atoms. The topological polar surface area (TPSA) is 70.3 Å². The van der Waals surface area contributed by atoms with Gasteiger partial charge in [-0.3, -0.25) is 4.79 Å². The number of ether oxygens (including phenoxy) is 1. The van der Waals surface area contributed by atoms with Gasteiger partial charge in [-0.2, -0.15) is 5.26 Å². The number of hydrogen-bond donors (Lipinski definition) is 1. The number of rotatable bonds is 3. The minimum atomic E-state index is -0.528. The summed E-state index contributed by atoms with van der Waals surface area (Å²) in [5.41, 5.74) is -0.578. The zero-order valence-electron chi connectivity index (χ0n) is 10.5. The van der Waals surface area contributed by atoms with Crippen molar-refractivity contribution in [3.8, 4) is 6.07 Å². The maximum Gasteiger partial charge on any atom is 0.307 e. The third-order valence-corrected chi connectivity index (χ3v) is 4.97. The van der Waals surface area contributed by atoms with Crippen LogP contribution in [0.5, 0.6) is 0 Å². The first kappa shape index (κ1) is 12.0. The van der Waals surface area contributed by atoms with Crippen LogP contribution in [0, 0.1) is 28.6 Å². The molecule has 4 fully saturated rings. The Balaban J connectivity index is 1.71. The molecular weight excluding hydrogens is 230 g/mol. The number of aliphatic hydroxyl groups is 1. The number of carbonyl (C=O) groups is 1. The summed E-state index contributed by atoms with van der Waals surface area (Å²) in [7, 11) is 0. The second kappa shape index (κ2) is 3.96. The van der Waals surface area contributed by atoms with E-state index in [1.165, 1.54) is 6.42 Å². The number of nitriles is 1. The molecule has 18 heavy (non-hydrogen) atoms. The van der Waals surface area contributed by atoms with E-state index in [4.69, 9.17) is 10.00 Å². The molecule has 4 heteroatoms. The quantitative estimate of drug-likeness (QED) is 0.774. The van der Waals surface area contributed by atoms with Crippen molar-refractivity contribution in [2.45, 2.75) is 50.5 Å². The molecule has 0 amide bonds. The Morgan fingerprint density at radius 2 is 2.00 bits per heavy atom. The van der Waals surface area contributed by atoms with Gasteiger partial charge < -0.3 is 9.84 Å². The van der Waals surface area contributed by atoms with Gasteiger partial charge in [-0.05, 0) is 55.8 Å². The predicted octanol–water partition coefficient (Wildman–Crippen LogP) is 1.77. The van der Waals surface area contributed by atoms with E-state index in [1.54, 1.807) is 0 Å². The van der Waals surface area contributed by atoms with Gasteiger partial charge in [-0.15, -0.1) is 0 Å². The van der Waals surface area contributed by atoms with Crippen LogP contribution >= 0.6 is 0 Å². The molecule has 98 valence electrons. The summed E-state index contributed by atoms with van der Waals surface area (Å²) in [6.45, 7) is -0.161. The van der Waals surface area contributed by atoms with Crippen molar-refractivity contribution in [3.05, 3.63) is 0 Å². The first-order chi connectivity index (χ1) is 8.53. The average molecular weight is 249 g/mol. The van der Waals surface area contributed by atoms with Crippen LogP contribution in [0.1, 0.15) is 44.9 Å². The van der Waals surface area contributed by atoms with Gasteiger partial charge in [-0.25, -0.2) is 0 Å². The molecule has 4 rings (SSSR count). The summed E-state index contributed by atoms with van der Waals surface area (Å²) >= 11 is 0. The minimum absolute atomic E-state index is 0.0502. The van der Waals surface area contributed by atoms with Crippen molar-refractivity contribution in [3.63, 3.8) is 0 Å². The molecule has 0 unspecified atom stereocenters. The third kappa shape index (κ3) is 2.01. The Hall–Kier alpha value is -1.08. The molecule has 0 aromatic heterocycles. The van der Waals surface area contributed by atoms with E-state index in [0.29, 0.717) is 18.3 Å². The van der Waals surface area contributed by atoms with Crippen LogP contribution < -0.4 is 0 Å². The summed E-state index contributed by atoms with van der Waals surface area (Å²) in [4.78, 5) is 11.7. The molecule has 4 aliphatic carbocycles. The van der Waals surface area contributed by atoms with Crippen LogP contribution in [0.15, 0.2) is 0 Å². The monoisotopic (exact) mass is 249 g/mol. The Labute approximate surface area is 107 Å². The number of carbonyl (C=O) groups excluding carboxylic acids is 1. The van der Waals surface area contributed by atoms with E-state index >= 15 is 0 Å². The molecule has 0 heterocycles. The molecule has 1 N–H and O–H groups in total. The zero-order valence-corrected chi connectivity index (χ0v) is 10.5. The molecule has 4 saturated carbocycles. The standard InChI is InChI=1S/C14H19NO3/c15-1-2-18-12(16)8-13-4-10-3-11(5-13)7-14(17,6-10)9-13/h10-11,17H,2-9H2/t10-,11-,13?,14?/m0/s1. The molecule has 0 aromatic carbocycles. The molecule has 2 atom stereocenters. The van der Waals surface area contributed by atoms with Gasteiger partial charge in [0.25, 0.3) is 0 Å². The number of nitrogens with zero attached hydrogens (tertiary/aromatic N) is 1. The highest BCUT2D eigenvalue weighted by Gasteiger charge is 2.57. The predicted molar refractivity (Wildman–Crippen MR) is 63.3 cm³/mol. The number of hydrogen-bond acceptors (Lipinski definition) is 4. The maximum atomic E-state index is 11.7. The smallest absolute Gasteiger partial charge is 0.307 e. The van der Waals surface area contributed by atoms with Crippen LogP contribution in [0.2, 0.25) is 0 Å². The van der Waals surface area contributed by atoms with E-state index in [9.17, 15) is 9.90 Å². The van der Waals surface area contributed by atoms with Crippen molar-refractivity contribution >= 4 is 5.97 Å². The van der Waals surface area contributed by atoms with E-state index in [0.717, 1.165) is 32.1 Å². The lowest BCUT2D eigenvalue weighted by Gasteiger charge is -2.60. The molecule has 0 spiro atoms. The fourth-order valence-electron chi connectivity index (χ4n) is 5.08. The fraction of sp³-hybridized carbons (Fsp3) is 0.857. The Morgan fingerprint density at radius 3 is 2.56 bits per heavy atom.